The van der Waals surface area contributed by atoms with Gasteiger partial charge >= 0.3 is 0 Å². The van der Waals surface area contributed by atoms with E-state index in [9.17, 15) is 13.6 Å². The van der Waals surface area contributed by atoms with E-state index in [0.29, 0.717) is 6.07 Å². The molecule has 86 valence electrons. The van der Waals surface area contributed by atoms with Crippen molar-refractivity contribution in [1.82, 2.24) is 0 Å². The van der Waals surface area contributed by atoms with Crippen molar-refractivity contribution in [1.29, 1.82) is 0 Å². The molecule has 2 rings (SSSR count). The predicted molar refractivity (Wildman–Crippen MR) is 58.0 cm³/mol. The fourth-order valence-corrected chi connectivity index (χ4v) is 2.04. The minimum atomic E-state index is -0.850. The number of nitrogens with zero attached hydrogens (tertiary/aromatic N) is 1. The van der Waals surface area contributed by atoms with Crippen LogP contribution in [0.5, 0.6) is 0 Å². The van der Waals surface area contributed by atoms with E-state index in [-0.39, 0.29) is 35.0 Å². The van der Waals surface area contributed by atoms with Gasteiger partial charge < -0.3 is 4.90 Å². The Labute approximate surface area is 101 Å². The van der Waals surface area contributed by atoms with Gasteiger partial charge in [0, 0.05) is 19.0 Å². The fourth-order valence-electron chi connectivity index (χ4n) is 1.62. The second-order valence-corrected chi connectivity index (χ2v) is 4.55. The Morgan fingerprint density at radius 1 is 1.31 bits per heavy atom. The summed E-state index contributed by atoms with van der Waals surface area (Å²) in [6.45, 7) is 0.208. The number of halogens is 4. The third-order valence-corrected chi connectivity index (χ3v) is 2.94. The molecule has 16 heavy (non-hydrogen) atoms. The van der Waals surface area contributed by atoms with Crippen molar-refractivity contribution < 1.29 is 13.6 Å². The molecule has 0 spiro atoms. The summed E-state index contributed by atoms with van der Waals surface area (Å²) in [5.41, 5.74) is -0.0282. The molecule has 1 saturated heterocycles. The number of carbonyl (C=O) groups is 1. The van der Waals surface area contributed by atoms with Gasteiger partial charge in [0.2, 0.25) is 5.91 Å². The second kappa shape index (κ2) is 4.18. The Bertz CT molecular complexity index is 453. The number of rotatable bonds is 1. The molecule has 1 atom stereocenters. The first kappa shape index (κ1) is 11.6. The van der Waals surface area contributed by atoms with Gasteiger partial charge in [0.05, 0.1) is 16.1 Å². The van der Waals surface area contributed by atoms with Crippen LogP contribution in [0.4, 0.5) is 14.5 Å². The van der Waals surface area contributed by atoms with Crippen LogP contribution in [0.15, 0.2) is 12.1 Å². The van der Waals surface area contributed by atoms with Gasteiger partial charge in [0.15, 0.2) is 0 Å². The van der Waals surface area contributed by atoms with E-state index < -0.39 is 11.6 Å². The lowest BCUT2D eigenvalue weighted by molar-refractivity contribution is -0.117. The molecular formula is C10H7Cl2F2NO. The molecule has 0 aliphatic carbocycles. The van der Waals surface area contributed by atoms with Crippen LogP contribution in [-0.2, 0) is 4.79 Å². The Morgan fingerprint density at radius 3 is 2.56 bits per heavy atom. The zero-order valence-electron chi connectivity index (χ0n) is 8.01. The summed E-state index contributed by atoms with van der Waals surface area (Å²) in [5, 5.41) is -0.571. The lowest BCUT2D eigenvalue weighted by Crippen LogP contribution is -2.25. The van der Waals surface area contributed by atoms with E-state index in [4.69, 9.17) is 23.2 Å². The highest BCUT2D eigenvalue weighted by Gasteiger charge is 2.31. The topological polar surface area (TPSA) is 20.3 Å². The average Bonchev–Trinajstić information content (AvgIpc) is 2.51. The molecule has 0 N–H and O–H groups in total. The summed E-state index contributed by atoms with van der Waals surface area (Å²) in [4.78, 5) is 12.7. The van der Waals surface area contributed by atoms with Crippen LogP contribution in [0.1, 0.15) is 6.42 Å². The van der Waals surface area contributed by atoms with Gasteiger partial charge in [-0.05, 0) is 6.07 Å². The summed E-state index contributed by atoms with van der Waals surface area (Å²) in [6, 6.07) is 1.76. The van der Waals surface area contributed by atoms with Crippen molar-refractivity contribution in [3.8, 4) is 0 Å². The molecular weight excluding hydrogens is 259 g/mol. The van der Waals surface area contributed by atoms with Crippen LogP contribution >= 0.6 is 23.2 Å². The van der Waals surface area contributed by atoms with E-state index in [2.05, 4.69) is 0 Å². The number of benzene rings is 1. The van der Waals surface area contributed by atoms with Crippen LogP contribution in [-0.4, -0.2) is 17.8 Å². The molecule has 0 bridgehead atoms. The van der Waals surface area contributed by atoms with Crippen LogP contribution in [0, 0.1) is 11.6 Å². The quantitative estimate of drug-likeness (QED) is 0.565. The molecule has 0 saturated carbocycles. The lowest BCUT2D eigenvalue weighted by Gasteiger charge is -2.17. The number of hydrogen-bond donors (Lipinski definition) is 0. The number of anilines is 1. The van der Waals surface area contributed by atoms with Crippen molar-refractivity contribution >= 4 is 34.8 Å². The summed E-state index contributed by atoms with van der Waals surface area (Å²) in [5.74, 6) is -1.96. The number of carbonyl (C=O) groups excluding carboxylic acids is 1. The minimum Gasteiger partial charge on any atom is -0.308 e. The van der Waals surface area contributed by atoms with E-state index in [1.807, 2.05) is 0 Å². The SMILES string of the molecule is O=C1CC(Cl)CN1c1cc(Cl)c(F)cc1F. The standard InChI is InChI=1S/C10H7Cl2F2NO/c11-5-1-10(16)15(4-5)9-2-6(12)7(13)3-8(9)14/h2-3,5H,1,4H2. The van der Waals surface area contributed by atoms with Gasteiger partial charge in [0.1, 0.15) is 11.6 Å². The zero-order chi connectivity index (χ0) is 11.9. The highest BCUT2D eigenvalue weighted by molar-refractivity contribution is 6.31. The van der Waals surface area contributed by atoms with Crippen LogP contribution in [0.3, 0.4) is 0 Å². The van der Waals surface area contributed by atoms with Crippen molar-refractivity contribution in [3.63, 3.8) is 0 Å². The highest BCUT2D eigenvalue weighted by Crippen LogP contribution is 2.30. The Balaban J connectivity index is 2.41. The first-order valence-electron chi connectivity index (χ1n) is 4.58. The maximum absolute atomic E-state index is 13.4. The molecule has 0 radical (unpaired) electrons. The van der Waals surface area contributed by atoms with Gasteiger partial charge in [-0.2, -0.15) is 0 Å². The summed E-state index contributed by atoms with van der Waals surface area (Å²) < 4.78 is 26.4. The van der Waals surface area contributed by atoms with Crippen molar-refractivity contribution in [2.45, 2.75) is 11.8 Å². The first-order valence-corrected chi connectivity index (χ1v) is 5.39. The van der Waals surface area contributed by atoms with Crippen LogP contribution in [0.2, 0.25) is 5.02 Å². The number of hydrogen-bond acceptors (Lipinski definition) is 1. The van der Waals surface area contributed by atoms with Crippen molar-refractivity contribution in [2.75, 3.05) is 11.4 Å². The van der Waals surface area contributed by atoms with Gasteiger partial charge in [-0.15, -0.1) is 11.6 Å². The fraction of sp³-hybridized carbons (Fsp3) is 0.300. The molecule has 1 aromatic carbocycles. The predicted octanol–water partition coefficient (Wildman–Crippen LogP) is 2.96. The average molecular weight is 266 g/mol. The Kier molecular flexibility index (Phi) is 3.04. The maximum Gasteiger partial charge on any atom is 0.228 e. The molecule has 1 heterocycles. The number of amides is 1. The minimum absolute atomic E-state index is 0.0282. The van der Waals surface area contributed by atoms with E-state index in [0.717, 1.165) is 6.07 Å². The van der Waals surface area contributed by atoms with E-state index >= 15 is 0 Å². The summed E-state index contributed by atoms with van der Waals surface area (Å²) in [6.07, 6.45) is 0.149. The zero-order valence-corrected chi connectivity index (χ0v) is 9.53. The molecule has 2 nitrogen and oxygen atoms in total. The Hall–Kier alpha value is -0.870. The van der Waals surface area contributed by atoms with Crippen LogP contribution in [0.25, 0.3) is 0 Å². The molecule has 6 heteroatoms. The third kappa shape index (κ3) is 1.99. The maximum atomic E-state index is 13.4. The third-order valence-electron chi connectivity index (χ3n) is 2.36. The van der Waals surface area contributed by atoms with E-state index in [1.165, 1.54) is 4.90 Å². The van der Waals surface area contributed by atoms with Crippen molar-refractivity contribution in [3.05, 3.63) is 28.8 Å². The lowest BCUT2D eigenvalue weighted by atomic mass is 10.2. The molecule has 1 fully saturated rings. The van der Waals surface area contributed by atoms with Gasteiger partial charge in [-0.1, -0.05) is 11.6 Å². The largest absolute Gasteiger partial charge is 0.308 e. The van der Waals surface area contributed by atoms with Gasteiger partial charge in [0.25, 0.3) is 0 Å². The molecule has 1 unspecified atom stereocenters. The normalized spacial score (nSPS) is 20.6. The van der Waals surface area contributed by atoms with E-state index in [1.54, 1.807) is 0 Å². The van der Waals surface area contributed by atoms with Crippen molar-refractivity contribution in [2.24, 2.45) is 0 Å². The monoisotopic (exact) mass is 265 g/mol. The number of alkyl halides is 1. The molecule has 1 aromatic rings. The van der Waals surface area contributed by atoms with Gasteiger partial charge in [-0.25, -0.2) is 8.78 Å². The molecule has 1 amide bonds. The smallest absolute Gasteiger partial charge is 0.228 e. The first-order chi connectivity index (χ1) is 7.49. The molecule has 0 aromatic heterocycles. The highest BCUT2D eigenvalue weighted by atomic mass is 35.5. The Morgan fingerprint density at radius 2 is 2.00 bits per heavy atom. The van der Waals surface area contributed by atoms with Crippen LogP contribution < -0.4 is 4.90 Å². The summed E-state index contributed by atoms with van der Waals surface area (Å²) >= 11 is 11.3. The molecule has 1 aliphatic heterocycles. The summed E-state index contributed by atoms with van der Waals surface area (Å²) in [7, 11) is 0. The molecule has 1 aliphatic rings. The van der Waals surface area contributed by atoms with Gasteiger partial charge in [-0.3, -0.25) is 4.79 Å². The second-order valence-electron chi connectivity index (χ2n) is 3.52.